The molecule has 1 heterocycles. The van der Waals surface area contributed by atoms with Crippen molar-refractivity contribution in [3.05, 3.63) is 61.1 Å². The predicted molar refractivity (Wildman–Crippen MR) is 139 cm³/mol. The Morgan fingerprint density at radius 3 is 2.63 bits per heavy atom. The molecule has 0 fully saturated rings. The summed E-state index contributed by atoms with van der Waals surface area (Å²) in [6.45, 7) is -0.259. The topological polar surface area (TPSA) is 216 Å². The predicted octanol–water partition coefficient (Wildman–Crippen LogP) is 1.51. The van der Waals surface area contributed by atoms with Crippen molar-refractivity contribution >= 4 is 62.6 Å². The van der Waals surface area contributed by atoms with Crippen LogP contribution in [0, 0.1) is 10.1 Å². The molecule has 1 unspecified atom stereocenters. The number of nitro groups is 1. The largest absolute Gasteiger partial charge is 0.506 e. The number of carbonyl (C=O) groups excluding carboxylic acids is 2. The van der Waals surface area contributed by atoms with Crippen molar-refractivity contribution in [2.24, 2.45) is 4.99 Å². The summed E-state index contributed by atoms with van der Waals surface area (Å²) in [6.07, 6.45) is -1.26. The number of nitro benzene ring substituents is 1. The van der Waals surface area contributed by atoms with Crippen molar-refractivity contribution in [1.29, 1.82) is 0 Å². The Kier molecular flexibility index (Phi) is 9.44. The van der Waals surface area contributed by atoms with E-state index in [-0.39, 0.29) is 40.9 Å². The van der Waals surface area contributed by atoms with Crippen LogP contribution in [0.3, 0.4) is 0 Å². The van der Waals surface area contributed by atoms with Crippen LogP contribution in [0.5, 0.6) is 5.75 Å². The molecule has 0 radical (unpaired) electrons. The van der Waals surface area contributed by atoms with E-state index < -0.39 is 59.3 Å². The van der Waals surface area contributed by atoms with Crippen molar-refractivity contribution in [1.82, 2.24) is 16.0 Å². The van der Waals surface area contributed by atoms with Crippen molar-refractivity contribution < 1.29 is 34.6 Å². The maximum Gasteiger partial charge on any atom is 0.305 e. The summed E-state index contributed by atoms with van der Waals surface area (Å²) in [4.78, 5) is 51.3. The molecule has 16 heteroatoms. The number of aromatic hydroxyl groups is 1. The van der Waals surface area contributed by atoms with Crippen molar-refractivity contribution in [3.63, 3.8) is 0 Å². The highest BCUT2D eigenvalue weighted by Crippen LogP contribution is 2.36. The van der Waals surface area contributed by atoms with Gasteiger partial charge in [-0.05, 0) is 18.2 Å². The van der Waals surface area contributed by atoms with Gasteiger partial charge < -0.3 is 36.6 Å². The van der Waals surface area contributed by atoms with Crippen molar-refractivity contribution in [3.8, 4) is 5.75 Å². The second kappa shape index (κ2) is 12.5. The number of anilines is 1. The monoisotopic (exact) mass is 612 g/mol. The van der Waals surface area contributed by atoms with Gasteiger partial charge in [-0.3, -0.25) is 29.5 Å². The molecule has 0 spiro atoms. The number of phenolic OH excluding ortho intramolecular Hbond substituents is 1. The van der Waals surface area contributed by atoms with Crippen LogP contribution in [0.2, 0.25) is 5.02 Å². The maximum absolute atomic E-state index is 12.7. The number of non-ortho nitro benzene ring substituents is 1. The van der Waals surface area contributed by atoms with E-state index in [0.717, 1.165) is 6.07 Å². The quantitative estimate of drug-likeness (QED) is 0.160. The highest BCUT2D eigenvalue weighted by atomic mass is 79.9. The molecule has 14 nitrogen and oxygen atoms in total. The zero-order chi connectivity index (χ0) is 28.0. The third-order valence-corrected chi connectivity index (χ3v) is 5.92. The average molecular weight is 614 g/mol. The molecule has 7 N–H and O–H groups in total. The van der Waals surface area contributed by atoms with Gasteiger partial charge in [-0.25, -0.2) is 0 Å². The van der Waals surface area contributed by atoms with E-state index in [1.165, 1.54) is 24.3 Å². The number of nitrogens with zero attached hydrogens (tertiary/aromatic N) is 2. The first-order valence-electron chi connectivity index (χ1n) is 10.9. The molecule has 0 saturated carbocycles. The van der Waals surface area contributed by atoms with E-state index in [9.17, 15) is 39.8 Å². The molecule has 0 bridgehead atoms. The van der Waals surface area contributed by atoms with E-state index in [2.05, 4.69) is 42.2 Å². The molecule has 3 rings (SSSR count). The van der Waals surface area contributed by atoms with Gasteiger partial charge >= 0.3 is 5.97 Å². The lowest BCUT2D eigenvalue weighted by Gasteiger charge is -2.20. The molecule has 202 valence electrons. The van der Waals surface area contributed by atoms with Gasteiger partial charge in [-0.1, -0.05) is 27.5 Å². The molecule has 2 atom stereocenters. The second-order valence-electron chi connectivity index (χ2n) is 8.10. The van der Waals surface area contributed by atoms with Gasteiger partial charge in [0.25, 0.3) is 11.6 Å². The van der Waals surface area contributed by atoms with E-state index in [1.807, 2.05) is 0 Å². The highest BCUT2D eigenvalue weighted by Gasteiger charge is 2.24. The summed E-state index contributed by atoms with van der Waals surface area (Å²) in [5.74, 6) is -3.03. The number of rotatable bonds is 9. The number of aliphatic hydroxyl groups is 1. The Labute approximate surface area is 228 Å². The lowest BCUT2D eigenvalue weighted by atomic mass is 10.0. The first-order valence-corrected chi connectivity index (χ1v) is 12.1. The van der Waals surface area contributed by atoms with Gasteiger partial charge in [0.2, 0.25) is 5.91 Å². The number of aliphatic imine (C=N–C) groups is 1. The van der Waals surface area contributed by atoms with Crippen LogP contribution in [0.25, 0.3) is 0 Å². The standard InChI is InChI=1S/C22H22BrClN6O8/c23-11-3-15(20(35)16(24)4-11)17(6-19(33)34)29-18(32)9-25-21(36)10-1-12(5-13(2-10)30(37)38)28-22-26-7-14(31)8-27-22/h1-5,14,17,31,35H,6-9H2,(H,25,36)(H,29,32)(H,33,34)(H2,26,27,28). The molecule has 38 heavy (non-hydrogen) atoms. The summed E-state index contributed by atoms with van der Waals surface area (Å²) in [7, 11) is 0. The zero-order valence-corrected chi connectivity index (χ0v) is 21.7. The number of halogens is 2. The van der Waals surface area contributed by atoms with Crippen molar-refractivity contribution in [2.75, 3.05) is 25.0 Å². The van der Waals surface area contributed by atoms with E-state index in [4.69, 9.17) is 11.6 Å². The first-order chi connectivity index (χ1) is 17.9. The third kappa shape index (κ3) is 7.77. The van der Waals surface area contributed by atoms with Crippen LogP contribution < -0.4 is 21.3 Å². The van der Waals surface area contributed by atoms with Crippen LogP contribution >= 0.6 is 27.5 Å². The Hall–Kier alpha value is -3.95. The summed E-state index contributed by atoms with van der Waals surface area (Å²) < 4.78 is 0.439. The van der Waals surface area contributed by atoms with Gasteiger partial charge in [-0.2, -0.15) is 0 Å². The fourth-order valence-electron chi connectivity index (χ4n) is 3.44. The number of guanidine groups is 1. The molecule has 1 aliphatic heterocycles. The van der Waals surface area contributed by atoms with E-state index in [1.54, 1.807) is 0 Å². The molecule has 2 aromatic rings. The van der Waals surface area contributed by atoms with Gasteiger partial charge in [0.15, 0.2) is 5.96 Å². The minimum atomic E-state index is -1.27. The SMILES string of the molecule is O=C(O)CC(NC(=O)CNC(=O)c1cc(NC2=NC[C@H](O)CN2)cc([N+](=O)[O-])c1)c1cc(Br)cc(Cl)c1O. The molecule has 0 aliphatic carbocycles. The summed E-state index contributed by atoms with van der Waals surface area (Å²) in [6, 6.07) is 5.13. The van der Waals surface area contributed by atoms with Crippen LogP contribution in [-0.4, -0.2) is 69.7 Å². The zero-order valence-electron chi connectivity index (χ0n) is 19.4. The highest BCUT2D eigenvalue weighted by molar-refractivity contribution is 9.10. The number of aliphatic carboxylic acids is 1. The van der Waals surface area contributed by atoms with Crippen molar-refractivity contribution in [2.45, 2.75) is 18.6 Å². The van der Waals surface area contributed by atoms with E-state index >= 15 is 0 Å². The number of nitrogens with one attached hydrogen (secondary N) is 4. The molecular weight excluding hydrogens is 592 g/mol. The van der Waals surface area contributed by atoms with Gasteiger partial charge in [0.1, 0.15) is 5.75 Å². The number of benzene rings is 2. The molecule has 2 aromatic carbocycles. The Bertz CT molecular complexity index is 1310. The molecular formula is C22H22BrClN6O8. The Morgan fingerprint density at radius 1 is 1.26 bits per heavy atom. The number of hydrogen-bond acceptors (Lipinski definition) is 10. The summed E-state index contributed by atoms with van der Waals surface area (Å²) in [5, 5.41) is 50.7. The number of carboxylic acids is 1. The first kappa shape index (κ1) is 28.6. The summed E-state index contributed by atoms with van der Waals surface area (Å²) in [5.41, 5.74) is -0.318. The smallest absolute Gasteiger partial charge is 0.305 e. The molecule has 0 aromatic heterocycles. The Morgan fingerprint density at radius 2 is 2.00 bits per heavy atom. The summed E-state index contributed by atoms with van der Waals surface area (Å²) >= 11 is 9.14. The minimum absolute atomic E-state index is 0.0487. The van der Waals surface area contributed by atoms with Crippen LogP contribution in [0.1, 0.15) is 28.4 Å². The normalized spacial score (nSPS) is 15.4. The Balaban J connectivity index is 1.72. The van der Waals surface area contributed by atoms with Crippen LogP contribution in [0.4, 0.5) is 11.4 Å². The molecule has 0 saturated heterocycles. The third-order valence-electron chi connectivity index (χ3n) is 5.18. The van der Waals surface area contributed by atoms with Gasteiger partial charge in [-0.15, -0.1) is 0 Å². The minimum Gasteiger partial charge on any atom is -0.506 e. The molecule has 2 amide bonds. The van der Waals surface area contributed by atoms with E-state index in [0.29, 0.717) is 4.47 Å². The lowest BCUT2D eigenvalue weighted by Crippen LogP contribution is -2.42. The molecule has 1 aliphatic rings. The number of hydrogen-bond donors (Lipinski definition) is 7. The van der Waals surface area contributed by atoms with Crippen LogP contribution in [0.15, 0.2) is 39.8 Å². The van der Waals surface area contributed by atoms with Gasteiger partial charge in [0, 0.05) is 40.0 Å². The number of phenols is 1. The fourth-order valence-corrected chi connectivity index (χ4v) is 4.28. The number of β-amino-alcohol motifs (C(OH)–C–C–N with tert-alkyl or cyclic N) is 1. The number of amides is 2. The number of carbonyl (C=O) groups is 3. The van der Waals surface area contributed by atoms with Gasteiger partial charge in [0.05, 0.1) is 41.6 Å². The maximum atomic E-state index is 12.7. The second-order valence-corrected chi connectivity index (χ2v) is 9.42. The average Bonchev–Trinajstić information content (AvgIpc) is 2.85. The number of carboxylic acid groups (broad SMARTS) is 1. The fraction of sp³-hybridized carbons (Fsp3) is 0.273. The lowest BCUT2D eigenvalue weighted by molar-refractivity contribution is -0.384. The van der Waals surface area contributed by atoms with Crippen LogP contribution in [-0.2, 0) is 9.59 Å². The number of aliphatic hydroxyl groups excluding tert-OH is 1.